The van der Waals surface area contributed by atoms with Gasteiger partial charge in [-0.05, 0) is 54.8 Å². The highest BCUT2D eigenvalue weighted by molar-refractivity contribution is 7.91. The first-order valence-electron chi connectivity index (χ1n) is 9.91. The highest BCUT2D eigenvalue weighted by atomic mass is 32.2. The second kappa shape index (κ2) is 9.76. The highest BCUT2D eigenvalue weighted by Crippen LogP contribution is 2.29. The molecule has 0 saturated carbocycles. The van der Waals surface area contributed by atoms with E-state index in [4.69, 9.17) is 5.14 Å². The summed E-state index contributed by atoms with van der Waals surface area (Å²) in [4.78, 5) is 19.2. The van der Waals surface area contributed by atoms with Crippen molar-refractivity contribution in [3.63, 3.8) is 0 Å². The Morgan fingerprint density at radius 3 is 2.27 bits per heavy atom. The summed E-state index contributed by atoms with van der Waals surface area (Å²) in [5.74, 6) is -1.25. The van der Waals surface area contributed by atoms with Crippen LogP contribution in [0, 0.1) is 5.82 Å². The zero-order chi connectivity index (χ0) is 22.6. The number of amides is 1. The Morgan fingerprint density at radius 1 is 1.17 bits per heavy atom. The van der Waals surface area contributed by atoms with Crippen molar-refractivity contribution < 1.29 is 13.4 Å². The molecule has 8 heteroatoms. The summed E-state index contributed by atoms with van der Waals surface area (Å²) < 4.78 is 31.2. The van der Waals surface area contributed by atoms with Gasteiger partial charge < -0.3 is 4.90 Å². The number of aromatic nitrogens is 1. The van der Waals surface area contributed by atoms with Gasteiger partial charge >= 0.3 is 0 Å². The summed E-state index contributed by atoms with van der Waals surface area (Å²) in [7, 11) is 0.498. The minimum Gasteiger partial charge on any atom is -0.305 e. The van der Waals surface area contributed by atoms with E-state index in [1.165, 1.54) is 6.20 Å². The molecular weight excluding hydrogens is 403 g/mol. The number of nitrogens with two attached hydrogens (primary N) is 1. The lowest BCUT2D eigenvalue weighted by Gasteiger charge is -2.18. The standard InChI is InChI=1S/C22H31FN4O2S/c1-14(2)21-18(22(15(3)4)25-12-19(21)23)11-20(28)26-30(24,29)17-9-7-16(8-10-17)13-27(5)6/h7-10,12,14-15H,11,13H2,1-6H3,(H2,24,26,28,29). The van der Waals surface area contributed by atoms with Crippen molar-refractivity contribution in [2.24, 2.45) is 9.50 Å². The van der Waals surface area contributed by atoms with E-state index in [1.54, 1.807) is 12.1 Å². The molecule has 1 aromatic carbocycles. The van der Waals surface area contributed by atoms with Crippen LogP contribution in [0.4, 0.5) is 4.39 Å². The Kier molecular flexibility index (Phi) is 7.85. The van der Waals surface area contributed by atoms with E-state index in [9.17, 15) is 13.4 Å². The van der Waals surface area contributed by atoms with Crippen LogP contribution in [-0.2, 0) is 27.7 Å². The van der Waals surface area contributed by atoms with Crippen molar-refractivity contribution in [2.75, 3.05) is 14.1 Å². The molecule has 0 aliphatic carbocycles. The summed E-state index contributed by atoms with van der Waals surface area (Å²) in [6, 6.07) is 6.87. The Balaban J connectivity index is 2.39. The Morgan fingerprint density at radius 2 is 1.77 bits per heavy atom. The first kappa shape index (κ1) is 24.1. The monoisotopic (exact) mass is 434 g/mol. The highest BCUT2D eigenvalue weighted by Gasteiger charge is 2.22. The predicted molar refractivity (Wildman–Crippen MR) is 118 cm³/mol. The summed E-state index contributed by atoms with van der Waals surface area (Å²) >= 11 is 0. The Labute approximate surface area is 179 Å². The lowest BCUT2D eigenvalue weighted by molar-refractivity contribution is -0.117. The molecule has 1 heterocycles. The van der Waals surface area contributed by atoms with E-state index in [2.05, 4.69) is 9.35 Å². The quantitative estimate of drug-likeness (QED) is 0.713. The molecule has 0 radical (unpaired) electrons. The fourth-order valence-corrected chi connectivity index (χ4v) is 4.40. The fraction of sp³-hybridized carbons (Fsp3) is 0.455. The fourth-order valence-electron chi connectivity index (χ4n) is 3.41. The van der Waals surface area contributed by atoms with Crippen molar-refractivity contribution in [1.29, 1.82) is 0 Å². The van der Waals surface area contributed by atoms with Crippen LogP contribution < -0.4 is 5.14 Å². The van der Waals surface area contributed by atoms with Crippen molar-refractivity contribution in [3.8, 4) is 0 Å². The average Bonchev–Trinajstić information content (AvgIpc) is 2.60. The molecule has 1 aromatic heterocycles. The van der Waals surface area contributed by atoms with Gasteiger partial charge in [-0.15, -0.1) is 4.36 Å². The summed E-state index contributed by atoms with van der Waals surface area (Å²) in [5, 5.41) is 5.91. The van der Waals surface area contributed by atoms with Gasteiger partial charge in [0.1, 0.15) is 15.7 Å². The van der Waals surface area contributed by atoms with E-state index in [1.807, 2.05) is 58.8 Å². The second-order valence-electron chi connectivity index (χ2n) is 8.31. The molecule has 0 spiro atoms. The number of hydrogen-bond acceptors (Lipinski definition) is 4. The molecule has 0 saturated heterocycles. The topological polar surface area (TPSA) is 88.6 Å². The molecule has 2 rings (SSSR count). The van der Waals surface area contributed by atoms with Gasteiger partial charge in [-0.3, -0.25) is 9.78 Å². The third-order valence-electron chi connectivity index (χ3n) is 4.66. The molecule has 0 fully saturated rings. The van der Waals surface area contributed by atoms with Crippen LogP contribution in [0.15, 0.2) is 39.7 Å². The third-order valence-corrected chi connectivity index (χ3v) is 6.08. The Bertz CT molecular complexity index is 1020. The van der Waals surface area contributed by atoms with Gasteiger partial charge in [0.05, 0.1) is 17.5 Å². The number of benzene rings is 1. The zero-order valence-corrected chi connectivity index (χ0v) is 19.3. The molecule has 0 aliphatic heterocycles. The van der Waals surface area contributed by atoms with Crippen molar-refractivity contribution in [2.45, 2.75) is 57.4 Å². The van der Waals surface area contributed by atoms with E-state index in [-0.39, 0.29) is 23.2 Å². The first-order chi connectivity index (χ1) is 13.9. The molecule has 2 N–H and O–H groups in total. The van der Waals surface area contributed by atoms with Crippen LogP contribution in [0.2, 0.25) is 0 Å². The van der Waals surface area contributed by atoms with Gasteiger partial charge in [0.25, 0.3) is 5.91 Å². The SMILES string of the molecule is CC(C)c1ncc(F)c(C(C)C)c1CC(=O)N=S(N)(=O)c1ccc(CN(C)C)cc1. The number of rotatable bonds is 7. The molecule has 2 aromatic rings. The van der Waals surface area contributed by atoms with Crippen molar-refractivity contribution >= 4 is 15.8 Å². The van der Waals surface area contributed by atoms with E-state index < -0.39 is 21.6 Å². The van der Waals surface area contributed by atoms with Gasteiger partial charge in [-0.1, -0.05) is 39.8 Å². The van der Waals surface area contributed by atoms with Gasteiger partial charge in [0.2, 0.25) is 0 Å². The van der Waals surface area contributed by atoms with Crippen molar-refractivity contribution in [3.05, 3.63) is 58.7 Å². The van der Waals surface area contributed by atoms with Crippen LogP contribution in [0.25, 0.3) is 0 Å². The largest absolute Gasteiger partial charge is 0.305 e. The minimum absolute atomic E-state index is 0.00243. The van der Waals surface area contributed by atoms with Crippen LogP contribution in [0.5, 0.6) is 0 Å². The van der Waals surface area contributed by atoms with Gasteiger partial charge in [0.15, 0.2) is 0 Å². The van der Waals surface area contributed by atoms with Gasteiger partial charge in [-0.25, -0.2) is 13.7 Å². The lowest BCUT2D eigenvalue weighted by Crippen LogP contribution is -2.18. The molecule has 1 amide bonds. The lowest BCUT2D eigenvalue weighted by atomic mass is 9.90. The summed E-state index contributed by atoms with van der Waals surface area (Å²) in [6.45, 7) is 8.29. The van der Waals surface area contributed by atoms with Crippen LogP contribution in [0.3, 0.4) is 0 Å². The maximum Gasteiger partial charge on any atom is 0.259 e. The second-order valence-corrected chi connectivity index (χ2v) is 10.1. The molecule has 1 atom stereocenters. The van der Waals surface area contributed by atoms with Crippen LogP contribution >= 0.6 is 0 Å². The van der Waals surface area contributed by atoms with E-state index in [0.29, 0.717) is 16.8 Å². The van der Waals surface area contributed by atoms with Crippen LogP contribution in [0.1, 0.15) is 61.9 Å². The number of nitrogens with zero attached hydrogens (tertiary/aromatic N) is 3. The molecule has 1 unspecified atom stereocenters. The number of carbonyl (C=O) groups excluding carboxylic acids is 1. The number of hydrogen-bond donors (Lipinski definition) is 1. The zero-order valence-electron chi connectivity index (χ0n) is 18.5. The summed E-state index contributed by atoms with van der Waals surface area (Å²) in [5.41, 5.74) is 2.61. The van der Waals surface area contributed by atoms with E-state index in [0.717, 1.165) is 12.1 Å². The third kappa shape index (κ3) is 5.93. The molecule has 0 bridgehead atoms. The molecule has 6 nitrogen and oxygen atoms in total. The molecule has 0 aliphatic rings. The Hall–Kier alpha value is -2.16. The predicted octanol–water partition coefficient (Wildman–Crippen LogP) is 4.00. The average molecular weight is 435 g/mol. The normalized spacial score (nSPS) is 13.7. The first-order valence-corrected chi connectivity index (χ1v) is 11.5. The molecule has 30 heavy (non-hydrogen) atoms. The number of pyridine rings is 1. The van der Waals surface area contributed by atoms with Gasteiger partial charge in [-0.2, -0.15) is 0 Å². The van der Waals surface area contributed by atoms with Crippen LogP contribution in [-0.4, -0.2) is 34.1 Å². The van der Waals surface area contributed by atoms with Gasteiger partial charge in [0, 0.05) is 12.2 Å². The maximum absolute atomic E-state index is 14.4. The van der Waals surface area contributed by atoms with Crippen molar-refractivity contribution in [1.82, 2.24) is 9.88 Å². The maximum atomic E-state index is 14.4. The number of halogens is 1. The molecular formula is C22H31FN4O2S. The van der Waals surface area contributed by atoms with E-state index >= 15 is 0 Å². The number of carbonyl (C=O) groups is 1. The smallest absolute Gasteiger partial charge is 0.259 e. The summed E-state index contributed by atoms with van der Waals surface area (Å²) in [6.07, 6.45) is 0.996. The minimum atomic E-state index is -3.40. The molecule has 164 valence electrons.